The van der Waals surface area contributed by atoms with Crippen LogP contribution in [0.3, 0.4) is 0 Å². The van der Waals surface area contributed by atoms with Crippen LogP contribution in [-0.4, -0.2) is 22.1 Å². The van der Waals surface area contributed by atoms with Crippen molar-refractivity contribution in [2.45, 2.75) is 45.3 Å². The first-order valence-corrected chi connectivity index (χ1v) is 5.50. The summed E-state index contributed by atoms with van der Waals surface area (Å²) in [7, 11) is 0. The van der Waals surface area contributed by atoms with Gasteiger partial charge in [-0.1, -0.05) is 19.0 Å². The van der Waals surface area contributed by atoms with Gasteiger partial charge in [0.05, 0.1) is 6.54 Å². The lowest BCUT2D eigenvalue weighted by Crippen LogP contribution is -2.22. The fourth-order valence-corrected chi connectivity index (χ4v) is 1.58. The molecule has 88 valence electrons. The Hall–Kier alpha value is -1.43. The van der Waals surface area contributed by atoms with Gasteiger partial charge < -0.3 is 15.2 Å². The molecule has 2 rings (SSSR count). The molecule has 2 heterocycles. The van der Waals surface area contributed by atoms with E-state index < -0.39 is 0 Å². The zero-order valence-electron chi connectivity index (χ0n) is 9.49. The van der Waals surface area contributed by atoms with Crippen LogP contribution in [0.5, 0.6) is 0 Å². The minimum atomic E-state index is -0.104. The zero-order valence-corrected chi connectivity index (χ0v) is 9.49. The summed E-state index contributed by atoms with van der Waals surface area (Å²) in [4.78, 5) is 15.3. The summed E-state index contributed by atoms with van der Waals surface area (Å²) in [5.41, 5.74) is 0. The van der Waals surface area contributed by atoms with Gasteiger partial charge >= 0.3 is 0 Å². The molecule has 1 aliphatic rings. The van der Waals surface area contributed by atoms with Crippen molar-refractivity contribution in [3.05, 3.63) is 11.7 Å². The maximum atomic E-state index is 11.0. The number of carbonyl (C=O) groups excluding carboxylic acids is 1. The topological polar surface area (TPSA) is 80.0 Å². The monoisotopic (exact) mass is 224 g/mol. The normalized spacial score (nSPS) is 20.4. The van der Waals surface area contributed by atoms with Gasteiger partial charge in [0.2, 0.25) is 11.8 Å². The molecule has 0 spiro atoms. The van der Waals surface area contributed by atoms with Crippen LogP contribution in [0.2, 0.25) is 0 Å². The van der Waals surface area contributed by atoms with E-state index in [4.69, 9.17) is 4.52 Å². The molecule has 0 aromatic carbocycles. The van der Waals surface area contributed by atoms with Crippen molar-refractivity contribution in [1.82, 2.24) is 20.8 Å². The first-order chi connectivity index (χ1) is 7.65. The highest BCUT2D eigenvalue weighted by atomic mass is 16.5. The summed E-state index contributed by atoms with van der Waals surface area (Å²) < 4.78 is 5.11. The van der Waals surface area contributed by atoms with Crippen molar-refractivity contribution in [2.24, 2.45) is 0 Å². The number of nitrogens with one attached hydrogen (secondary N) is 2. The maximum Gasteiger partial charge on any atom is 0.249 e. The number of nitrogens with zero attached hydrogens (tertiary/aromatic N) is 2. The summed E-state index contributed by atoms with van der Waals surface area (Å²) >= 11 is 0. The summed E-state index contributed by atoms with van der Waals surface area (Å²) in [6.07, 6.45) is 1.27. The Bertz CT molecular complexity index is 375. The molecule has 0 radical (unpaired) electrons. The number of carbonyl (C=O) groups is 1. The van der Waals surface area contributed by atoms with Gasteiger partial charge in [0, 0.05) is 12.5 Å². The molecule has 0 aliphatic carbocycles. The molecule has 1 saturated heterocycles. The van der Waals surface area contributed by atoms with Crippen molar-refractivity contribution in [3.63, 3.8) is 0 Å². The predicted octanol–water partition coefficient (Wildman–Crippen LogP) is 0.519. The van der Waals surface area contributed by atoms with Crippen molar-refractivity contribution < 1.29 is 9.32 Å². The van der Waals surface area contributed by atoms with Crippen LogP contribution in [0.1, 0.15) is 44.4 Å². The molecule has 1 fully saturated rings. The van der Waals surface area contributed by atoms with Crippen molar-refractivity contribution >= 4 is 5.91 Å². The van der Waals surface area contributed by atoms with Gasteiger partial charge in [0.1, 0.15) is 6.04 Å². The molecule has 2 N–H and O–H groups in total. The highest BCUT2D eigenvalue weighted by Crippen LogP contribution is 2.21. The summed E-state index contributed by atoms with van der Waals surface area (Å²) in [5.74, 6) is 1.18. The number of hydrogen-bond donors (Lipinski definition) is 2. The zero-order chi connectivity index (χ0) is 11.5. The first kappa shape index (κ1) is 11.1. The number of hydrogen-bond acceptors (Lipinski definition) is 5. The van der Waals surface area contributed by atoms with E-state index in [1.807, 2.05) is 0 Å². The third kappa shape index (κ3) is 2.57. The van der Waals surface area contributed by atoms with E-state index in [0.29, 0.717) is 30.7 Å². The van der Waals surface area contributed by atoms with Gasteiger partial charge in [0.15, 0.2) is 5.82 Å². The van der Waals surface area contributed by atoms with E-state index in [2.05, 4.69) is 34.6 Å². The molecular formula is C10H16N4O2. The van der Waals surface area contributed by atoms with Gasteiger partial charge in [-0.3, -0.25) is 4.79 Å². The standard InChI is InChI=1S/C10H16N4O2/c1-6(2)11-5-8-13-10(16-14-8)7-3-4-9(15)12-7/h6-7,11H,3-5H2,1-2H3,(H,12,15)/t7-/m0/s1. The Labute approximate surface area is 93.8 Å². The Kier molecular flexibility index (Phi) is 3.19. The smallest absolute Gasteiger partial charge is 0.249 e. The molecule has 1 atom stereocenters. The van der Waals surface area contributed by atoms with Crippen LogP contribution in [-0.2, 0) is 11.3 Å². The van der Waals surface area contributed by atoms with Crippen LogP contribution in [0.25, 0.3) is 0 Å². The Balaban J connectivity index is 1.94. The highest BCUT2D eigenvalue weighted by Gasteiger charge is 2.27. The third-order valence-electron chi connectivity index (χ3n) is 2.45. The largest absolute Gasteiger partial charge is 0.344 e. The van der Waals surface area contributed by atoms with E-state index in [-0.39, 0.29) is 11.9 Å². The van der Waals surface area contributed by atoms with E-state index in [0.717, 1.165) is 6.42 Å². The summed E-state index contributed by atoms with van der Waals surface area (Å²) in [6.45, 7) is 4.69. The van der Waals surface area contributed by atoms with Gasteiger partial charge in [-0.2, -0.15) is 4.98 Å². The number of rotatable bonds is 4. The first-order valence-electron chi connectivity index (χ1n) is 5.50. The lowest BCUT2D eigenvalue weighted by molar-refractivity contribution is -0.119. The van der Waals surface area contributed by atoms with Crippen LogP contribution in [0.15, 0.2) is 4.52 Å². The summed E-state index contributed by atoms with van der Waals surface area (Å²) in [5, 5.41) is 9.85. The van der Waals surface area contributed by atoms with E-state index in [9.17, 15) is 4.79 Å². The fraction of sp³-hybridized carbons (Fsp3) is 0.700. The average molecular weight is 224 g/mol. The van der Waals surface area contributed by atoms with E-state index in [1.54, 1.807) is 0 Å². The third-order valence-corrected chi connectivity index (χ3v) is 2.45. The molecule has 0 bridgehead atoms. The molecular weight excluding hydrogens is 208 g/mol. The van der Waals surface area contributed by atoms with Crippen molar-refractivity contribution in [3.8, 4) is 0 Å². The Morgan fingerprint density at radius 1 is 1.62 bits per heavy atom. The fourth-order valence-electron chi connectivity index (χ4n) is 1.58. The van der Waals surface area contributed by atoms with Crippen LogP contribution in [0.4, 0.5) is 0 Å². The second-order valence-electron chi connectivity index (χ2n) is 4.24. The number of aromatic nitrogens is 2. The second kappa shape index (κ2) is 4.61. The quantitative estimate of drug-likeness (QED) is 0.779. The second-order valence-corrected chi connectivity index (χ2v) is 4.24. The van der Waals surface area contributed by atoms with Gasteiger partial charge in [-0.15, -0.1) is 0 Å². The van der Waals surface area contributed by atoms with Gasteiger partial charge in [0.25, 0.3) is 0 Å². The molecule has 6 nitrogen and oxygen atoms in total. The molecule has 1 amide bonds. The van der Waals surface area contributed by atoms with Crippen molar-refractivity contribution in [1.29, 1.82) is 0 Å². The molecule has 1 aromatic heterocycles. The lowest BCUT2D eigenvalue weighted by Gasteiger charge is -2.03. The average Bonchev–Trinajstić information content (AvgIpc) is 2.83. The SMILES string of the molecule is CC(C)NCc1noc([C@@H]2CCC(=O)N2)n1. The Morgan fingerprint density at radius 3 is 3.06 bits per heavy atom. The molecule has 1 aliphatic heterocycles. The molecule has 16 heavy (non-hydrogen) atoms. The highest BCUT2D eigenvalue weighted by molar-refractivity contribution is 5.78. The van der Waals surface area contributed by atoms with Gasteiger partial charge in [-0.25, -0.2) is 0 Å². The molecule has 6 heteroatoms. The van der Waals surface area contributed by atoms with Crippen molar-refractivity contribution in [2.75, 3.05) is 0 Å². The molecule has 0 unspecified atom stereocenters. The summed E-state index contributed by atoms with van der Waals surface area (Å²) in [6, 6.07) is 0.279. The van der Waals surface area contributed by atoms with E-state index >= 15 is 0 Å². The van der Waals surface area contributed by atoms with Crippen LogP contribution >= 0.6 is 0 Å². The molecule has 0 saturated carbocycles. The minimum Gasteiger partial charge on any atom is -0.344 e. The molecule has 1 aromatic rings. The van der Waals surface area contributed by atoms with Crippen LogP contribution in [0, 0.1) is 0 Å². The maximum absolute atomic E-state index is 11.0. The number of amides is 1. The van der Waals surface area contributed by atoms with Crippen LogP contribution < -0.4 is 10.6 Å². The van der Waals surface area contributed by atoms with Gasteiger partial charge in [-0.05, 0) is 6.42 Å². The predicted molar refractivity (Wildman–Crippen MR) is 56.4 cm³/mol. The van der Waals surface area contributed by atoms with E-state index in [1.165, 1.54) is 0 Å². The Morgan fingerprint density at radius 2 is 2.44 bits per heavy atom. The lowest BCUT2D eigenvalue weighted by atomic mass is 10.2. The minimum absolute atomic E-state index is 0.0463.